The maximum Gasteiger partial charge on any atom is 0.275 e. The van der Waals surface area contributed by atoms with Crippen LogP contribution in [0.3, 0.4) is 0 Å². The first-order valence-corrected chi connectivity index (χ1v) is 11.8. The van der Waals surface area contributed by atoms with Gasteiger partial charge in [0.1, 0.15) is 6.54 Å². The minimum atomic E-state index is -0.394. The minimum Gasteiger partial charge on any atom is -0.311 e. The fourth-order valence-electron chi connectivity index (χ4n) is 3.91. The number of anilines is 1. The summed E-state index contributed by atoms with van der Waals surface area (Å²) in [5, 5.41) is 6.15. The van der Waals surface area contributed by atoms with Gasteiger partial charge < -0.3 is 4.90 Å². The van der Waals surface area contributed by atoms with E-state index in [1.54, 1.807) is 23.4 Å². The van der Waals surface area contributed by atoms with Crippen LogP contribution in [-0.4, -0.2) is 27.2 Å². The largest absolute Gasteiger partial charge is 0.311 e. The molecule has 8 heteroatoms. The first-order valence-electron chi connectivity index (χ1n) is 11.1. The van der Waals surface area contributed by atoms with Crippen molar-refractivity contribution in [3.05, 3.63) is 98.1 Å². The fraction of sp³-hybridized carbons (Fsp3) is 0.231. The molecule has 2 heterocycles. The van der Waals surface area contributed by atoms with Gasteiger partial charge in [-0.15, -0.1) is 0 Å². The molecule has 2 aromatic carbocycles. The molecular formula is C26H24Cl2N4O2. The standard InChI is InChI=1S/C26H24Cl2N4O2/c1-3-17-7-9-19(10-8-17)31(4-2)25(33)16-32-26(34)21-14-23(28)22(27)13-20(21)24(30-32)12-18-6-5-11-29-15-18/h5-11,13-15H,3-4,12,16H2,1-2H3. The second-order valence-electron chi connectivity index (χ2n) is 7.92. The van der Waals surface area contributed by atoms with E-state index in [9.17, 15) is 9.59 Å². The quantitative estimate of drug-likeness (QED) is 0.349. The SMILES string of the molecule is CCc1ccc(N(CC)C(=O)Cn2nc(Cc3cccnc3)c3cc(Cl)c(Cl)cc3c2=O)cc1. The van der Waals surface area contributed by atoms with Crippen LogP contribution in [0.5, 0.6) is 0 Å². The lowest BCUT2D eigenvalue weighted by Crippen LogP contribution is -2.37. The summed E-state index contributed by atoms with van der Waals surface area (Å²) in [5.74, 6) is -0.229. The highest BCUT2D eigenvalue weighted by Gasteiger charge is 2.19. The van der Waals surface area contributed by atoms with Crippen LogP contribution in [0.1, 0.15) is 30.7 Å². The summed E-state index contributed by atoms with van der Waals surface area (Å²) in [7, 11) is 0. The average Bonchev–Trinajstić information content (AvgIpc) is 2.85. The third kappa shape index (κ3) is 4.98. The molecule has 0 atom stereocenters. The molecule has 4 aromatic rings. The number of hydrogen-bond acceptors (Lipinski definition) is 4. The number of likely N-dealkylation sites (N-methyl/N-ethyl adjacent to an activating group) is 1. The van der Waals surface area contributed by atoms with Crippen molar-refractivity contribution in [2.45, 2.75) is 33.2 Å². The van der Waals surface area contributed by atoms with Crippen molar-refractivity contribution in [3.8, 4) is 0 Å². The number of rotatable bonds is 7. The van der Waals surface area contributed by atoms with E-state index in [1.165, 1.54) is 16.3 Å². The number of hydrogen-bond donors (Lipinski definition) is 0. The van der Waals surface area contributed by atoms with Crippen molar-refractivity contribution < 1.29 is 4.79 Å². The molecule has 6 nitrogen and oxygen atoms in total. The van der Waals surface area contributed by atoms with Gasteiger partial charge in [-0.1, -0.05) is 48.3 Å². The van der Waals surface area contributed by atoms with Crippen LogP contribution in [0, 0.1) is 0 Å². The summed E-state index contributed by atoms with van der Waals surface area (Å²) in [6.07, 6.45) is 4.78. The zero-order valence-corrected chi connectivity index (χ0v) is 20.5. The highest BCUT2D eigenvalue weighted by Crippen LogP contribution is 2.28. The van der Waals surface area contributed by atoms with Gasteiger partial charge in [-0.2, -0.15) is 5.10 Å². The van der Waals surface area contributed by atoms with Crippen molar-refractivity contribution >= 4 is 45.6 Å². The molecule has 0 saturated carbocycles. The van der Waals surface area contributed by atoms with E-state index in [0.29, 0.717) is 34.5 Å². The van der Waals surface area contributed by atoms with Crippen molar-refractivity contribution in [2.24, 2.45) is 0 Å². The molecule has 174 valence electrons. The second kappa shape index (κ2) is 10.4. The number of aromatic nitrogens is 3. The van der Waals surface area contributed by atoms with Gasteiger partial charge in [0.2, 0.25) is 5.91 Å². The van der Waals surface area contributed by atoms with E-state index in [2.05, 4.69) is 17.0 Å². The molecule has 0 saturated heterocycles. The van der Waals surface area contributed by atoms with E-state index in [-0.39, 0.29) is 17.5 Å². The van der Waals surface area contributed by atoms with Crippen LogP contribution in [0.4, 0.5) is 5.69 Å². The van der Waals surface area contributed by atoms with Gasteiger partial charge in [0, 0.05) is 36.4 Å². The van der Waals surface area contributed by atoms with E-state index in [0.717, 1.165) is 17.7 Å². The summed E-state index contributed by atoms with van der Waals surface area (Å²) in [6, 6.07) is 14.8. The number of amides is 1. The monoisotopic (exact) mass is 494 g/mol. The topological polar surface area (TPSA) is 68.1 Å². The van der Waals surface area contributed by atoms with E-state index < -0.39 is 5.56 Å². The molecule has 0 N–H and O–H groups in total. The van der Waals surface area contributed by atoms with Crippen LogP contribution in [0.15, 0.2) is 65.7 Å². The number of nitrogens with zero attached hydrogens (tertiary/aromatic N) is 4. The summed E-state index contributed by atoms with van der Waals surface area (Å²) in [5.41, 5.74) is 3.11. The highest BCUT2D eigenvalue weighted by molar-refractivity contribution is 6.42. The van der Waals surface area contributed by atoms with Crippen LogP contribution in [0.25, 0.3) is 10.8 Å². The first kappa shape index (κ1) is 23.9. The Bertz CT molecular complexity index is 1390. The summed E-state index contributed by atoms with van der Waals surface area (Å²) < 4.78 is 1.21. The summed E-state index contributed by atoms with van der Waals surface area (Å²) in [4.78, 5) is 32.3. The Labute approximate surface area is 207 Å². The van der Waals surface area contributed by atoms with Gasteiger partial charge >= 0.3 is 0 Å². The Kier molecular flexibility index (Phi) is 7.29. The maximum absolute atomic E-state index is 13.3. The molecule has 0 aliphatic rings. The van der Waals surface area contributed by atoms with Crippen LogP contribution < -0.4 is 10.5 Å². The number of halogens is 2. The number of carbonyl (C=O) groups excluding carboxylic acids is 1. The molecule has 0 unspecified atom stereocenters. The molecular weight excluding hydrogens is 471 g/mol. The molecule has 4 rings (SSSR count). The van der Waals surface area contributed by atoms with Gasteiger partial charge in [-0.3, -0.25) is 14.6 Å². The predicted molar refractivity (Wildman–Crippen MR) is 137 cm³/mol. The lowest BCUT2D eigenvalue weighted by molar-refractivity contribution is -0.119. The van der Waals surface area contributed by atoms with E-state index >= 15 is 0 Å². The molecule has 34 heavy (non-hydrogen) atoms. The van der Waals surface area contributed by atoms with Crippen LogP contribution >= 0.6 is 23.2 Å². The Morgan fingerprint density at radius 2 is 1.71 bits per heavy atom. The van der Waals surface area contributed by atoms with Crippen molar-refractivity contribution in [1.29, 1.82) is 0 Å². The zero-order chi connectivity index (χ0) is 24.2. The molecule has 0 aliphatic heterocycles. The molecule has 0 radical (unpaired) electrons. The first-order chi connectivity index (χ1) is 16.4. The Balaban J connectivity index is 1.75. The lowest BCUT2D eigenvalue weighted by atomic mass is 10.1. The molecule has 1 amide bonds. The zero-order valence-electron chi connectivity index (χ0n) is 19.0. The third-order valence-electron chi connectivity index (χ3n) is 5.73. The molecule has 0 spiro atoms. The normalized spacial score (nSPS) is 11.1. The molecule has 0 aliphatic carbocycles. The smallest absolute Gasteiger partial charge is 0.275 e. The van der Waals surface area contributed by atoms with Crippen molar-refractivity contribution in [3.63, 3.8) is 0 Å². The van der Waals surface area contributed by atoms with Gasteiger partial charge in [0.15, 0.2) is 0 Å². The third-order valence-corrected chi connectivity index (χ3v) is 6.45. The Hall–Kier alpha value is -3.22. The maximum atomic E-state index is 13.3. The highest BCUT2D eigenvalue weighted by atomic mass is 35.5. The van der Waals surface area contributed by atoms with Gasteiger partial charge in [0.05, 0.1) is 21.1 Å². The second-order valence-corrected chi connectivity index (χ2v) is 8.73. The Morgan fingerprint density at radius 1 is 1.00 bits per heavy atom. The number of carbonyl (C=O) groups is 1. The fourth-order valence-corrected chi connectivity index (χ4v) is 4.24. The summed E-state index contributed by atoms with van der Waals surface area (Å²) in [6.45, 7) is 4.25. The molecule has 0 fully saturated rings. The molecule has 0 bridgehead atoms. The Morgan fingerprint density at radius 3 is 2.32 bits per heavy atom. The number of fused-ring (bicyclic) bond motifs is 1. The predicted octanol–water partition coefficient (Wildman–Crippen LogP) is 5.30. The minimum absolute atomic E-state index is 0.196. The van der Waals surface area contributed by atoms with E-state index in [1.807, 2.05) is 43.3 Å². The number of aryl methyl sites for hydroxylation is 1. The van der Waals surface area contributed by atoms with Gasteiger partial charge in [-0.25, -0.2) is 4.68 Å². The number of pyridine rings is 1. The van der Waals surface area contributed by atoms with Crippen LogP contribution in [0.2, 0.25) is 10.0 Å². The van der Waals surface area contributed by atoms with Crippen LogP contribution in [-0.2, 0) is 24.2 Å². The van der Waals surface area contributed by atoms with Gasteiger partial charge in [-0.05, 0) is 54.8 Å². The summed E-state index contributed by atoms with van der Waals surface area (Å²) >= 11 is 12.5. The van der Waals surface area contributed by atoms with Crippen molar-refractivity contribution in [1.82, 2.24) is 14.8 Å². The van der Waals surface area contributed by atoms with Crippen molar-refractivity contribution in [2.75, 3.05) is 11.4 Å². The van der Waals surface area contributed by atoms with Gasteiger partial charge in [0.25, 0.3) is 5.56 Å². The lowest BCUT2D eigenvalue weighted by Gasteiger charge is -2.22. The average molecular weight is 495 g/mol. The molecule has 2 aromatic heterocycles. The van der Waals surface area contributed by atoms with E-state index in [4.69, 9.17) is 23.2 Å². The number of benzene rings is 2.